The van der Waals surface area contributed by atoms with E-state index in [1.165, 1.54) is 11.0 Å². The van der Waals surface area contributed by atoms with Crippen molar-refractivity contribution in [3.63, 3.8) is 0 Å². The van der Waals surface area contributed by atoms with E-state index in [0.29, 0.717) is 18.8 Å². The number of aliphatic hydroxyl groups is 1. The lowest BCUT2D eigenvalue weighted by Crippen LogP contribution is -2.40. The Morgan fingerprint density at radius 3 is 2.71 bits per heavy atom. The third-order valence-corrected chi connectivity index (χ3v) is 3.99. The highest BCUT2D eigenvalue weighted by Gasteiger charge is 2.37. The van der Waals surface area contributed by atoms with Gasteiger partial charge in [0.15, 0.2) is 11.6 Å². The molecule has 24 heavy (non-hydrogen) atoms. The van der Waals surface area contributed by atoms with Gasteiger partial charge in [0.05, 0.1) is 6.10 Å². The molecule has 0 radical (unpaired) electrons. The largest absolute Gasteiger partial charge is 0.391 e. The van der Waals surface area contributed by atoms with Crippen molar-refractivity contribution in [3.05, 3.63) is 29.8 Å². The van der Waals surface area contributed by atoms with Crippen molar-refractivity contribution in [1.82, 2.24) is 5.32 Å². The maximum Gasteiger partial charge on any atom is 0.239 e. The number of carbonyl (C=O) groups is 2. The van der Waals surface area contributed by atoms with Crippen molar-refractivity contribution in [1.29, 1.82) is 0 Å². The monoisotopic (exact) mass is 340 g/mol. The summed E-state index contributed by atoms with van der Waals surface area (Å²) in [5.74, 6) is -3.49. The van der Waals surface area contributed by atoms with Crippen LogP contribution >= 0.6 is 0 Å². The lowest BCUT2D eigenvalue weighted by molar-refractivity contribution is -0.132. The molecule has 1 aromatic carbocycles. The molecule has 1 aliphatic heterocycles. The smallest absolute Gasteiger partial charge is 0.239 e. The third-order valence-electron chi connectivity index (χ3n) is 3.99. The molecule has 2 rings (SSSR count). The van der Waals surface area contributed by atoms with Crippen LogP contribution in [0, 0.1) is 23.5 Å². The number of nitrogens with one attached hydrogen (secondary N) is 1. The minimum atomic E-state index is -1.04. The quantitative estimate of drug-likeness (QED) is 0.777. The zero-order valence-corrected chi connectivity index (χ0v) is 13.8. The van der Waals surface area contributed by atoms with Gasteiger partial charge in [0.25, 0.3) is 0 Å². The van der Waals surface area contributed by atoms with Crippen LogP contribution in [0.5, 0.6) is 0 Å². The van der Waals surface area contributed by atoms with E-state index in [0.717, 1.165) is 12.1 Å². The SMILES string of the molecule is CC(C)CC(O)CNC(=O)C1CCN(c2ccc(F)c(F)c2)C1=O. The van der Waals surface area contributed by atoms with Gasteiger partial charge in [-0.1, -0.05) is 13.8 Å². The molecule has 1 aliphatic rings. The first kappa shape index (κ1) is 18.3. The molecular formula is C17H22F2N2O3. The molecule has 0 saturated carbocycles. The molecule has 2 unspecified atom stereocenters. The van der Waals surface area contributed by atoms with Gasteiger partial charge >= 0.3 is 0 Å². The van der Waals surface area contributed by atoms with Gasteiger partial charge in [-0.15, -0.1) is 0 Å². The molecule has 5 nitrogen and oxygen atoms in total. The normalized spacial score (nSPS) is 19.0. The molecule has 2 atom stereocenters. The van der Waals surface area contributed by atoms with E-state index in [2.05, 4.69) is 5.32 Å². The Labute approximate surface area is 139 Å². The summed E-state index contributed by atoms with van der Waals surface area (Å²) < 4.78 is 26.3. The molecule has 132 valence electrons. The van der Waals surface area contributed by atoms with E-state index in [4.69, 9.17) is 0 Å². The molecule has 7 heteroatoms. The second-order valence-electron chi connectivity index (χ2n) is 6.46. The minimum absolute atomic E-state index is 0.0893. The van der Waals surface area contributed by atoms with Gasteiger partial charge in [0.1, 0.15) is 5.92 Å². The number of hydrogen-bond acceptors (Lipinski definition) is 3. The lowest BCUT2D eigenvalue weighted by Gasteiger charge is -2.18. The summed E-state index contributed by atoms with van der Waals surface area (Å²) in [5, 5.41) is 12.4. The van der Waals surface area contributed by atoms with Gasteiger partial charge in [-0.3, -0.25) is 9.59 Å². The van der Waals surface area contributed by atoms with E-state index in [-0.39, 0.29) is 18.8 Å². The average Bonchev–Trinajstić information content (AvgIpc) is 2.89. The summed E-state index contributed by atoms with van der Waals surface area (Å²) in [4.78, 5) is 25.8. The van der Waals surface area contributed by atoms with E-state index in [1.807, 2.05) is 13.8 Å². The molecule has 1 aromatic rings. The topological polar surface area (TPSA) is 69.6 Å². The maximum atomic E-state index is 13.3. The standard InChI is InChI=1S/C17H22F2N2O3/c1-10(2)7-12(22)9-20-16(23)13-5-6-21(17(13)24)11-3-4-14(18)15(19)8-11/h3-4,8,10,12-13,22H,5-7,9H2,1-2H3,(H,20,23). The molecule has 1 saturated heterocycles. The zero-order valence-electron chi connectivity index (χ0n) is 13.8. The van der Waals surface area contributed by atoms with Gasteiger partial charge < -0.3 is 15.3 Å². The number of anilines is 1. The van der Waals surface area contributed by atoms with Crippen molar-refractivity contribution in [3.8, 4) is 0 Å². The fraction of sp³-hybridized carbons (Fsp3) is 0.529. The summed E-state index contributed by atoms with van der Waals surface area (Å²) in [6.45, 7) is 4.28. The molecule has 0 bridgehead atoms. The number of nitrogens with zero attached hydrogens (tertiary/aromatic N) is 1. The molecule has 0 spiro atoms. The van der Waals surface area contributed by atoms with Crippen LogP contribution in [-0.2, 0) is 9.59 Å². The van der Waals surface area contributed by atoms with Crippen LogP contribution in [0.3, 0.4) is 0 Å². The fourth-order valence-corrected chi connectivity index (χ4v) is 2.80. The van der Waals surface area contributed by atoms with Crippen molar-refractivity contribution < 1.29 is 23.5 Å². The Morgan fingerprint density at radius 1 is 1.38 bits per heavy atom. The van der Waals surface area contributed by atoms with Gasteiger partial charge in [-0.25, -0.2) is 8.78 Å². The van der Waals surface area contributed by atoms with Crippen LogP contribution in [-0.4, -0.2) is 36.1 Å². The van der Waals surface area contributed by atoms with Gasteiger partial charge in [-0.05, 0) is 30.9 Å². The van der Waals surface area contributed by atoms with E-state index < -0.39 is 35.5 Å². The van der Waals surface area contributed by atoms with Crippen LogP contribution in [0.4, 0.5) is 14.5 Å². The van der Waals surface area contributed by atoms with Crippen molar-refractivity contribution >= 4 is 17.5 Å². The van der Waals surface area contributed by atoms with E-state index in [9.17, 15) is 23.5 Å². The summed E-state index contributed by atoms with van der Waals surface area (Å²) in [6, 6.07) is 3.20. The molecule has 1 heterocycles. The number of amides is 2. The first-order valence-corrected chi connectivity index (χ1v) is 8.01. The lowest BCUT2D eigenvalue weighted by atomic mass is 10.0. The maximum absolute atomic E-state index is 13.3. The first-order valence-electron chi connectivity index (χ1n) is 8.01. The van der Waals surface area contributed by atoms with Crippen LogP contribution in [0.25, 0.3) is 0 Å². The molecule has 2 amide bonds. The molecule has 0 aromatic heterocycles. The average molecular weight is 340 g/mol. The van der Waals surface area contributed by atoms with Gasteiger partial charge in [0.2, 0.25) is 11.8 Å². The van der Waals surface area contributed by atoms with Crippen LogP contribution < -0.4 is 10.2 Å². The zero-order chi connectivity index (χ0) is 17.9. The van der Waals surface area contributed by atoms with E-state index in [1.54, 1.807) is 0 Å². The van der Waals surface area contributed by atoms with Crippen molar-refractivity contribution in [2.24, 2.45) is 11.8 Å². The number of carbonyl (C=O) groups excluding carboxylic acids is 2. The highest BCUT2D eigenvalue weighted by Crippen LogP contribution is 2.26. The van der Waals surface area contributed by atoms with Gasteiger partial charge in [-0.2, -0.15) is 0 Å². The fourth-order valence-electron chi connectivity index (χ4n) is 2.80. The highest BCUT2D eigenvalue weighted by atomic mass is 19.2. The molecule has 0 aliphatic carbocycles. The second-order valence-corrected chi connectivity index (χ2v) is 6.46. The Kier molecular flexibility index (Phi) is 5.88. The predicted molar refractivity (Wildman–Crippen MR) is 85.3 cm³/mol. The predicted octanol–water partition coefficient (Wildman–Crippen LogP) is 1.84. The highest BCUT2D eigenvalue weighted by molar-refractivity contribution is 6.09. The van der Waals surface area contributed by atoms with Gasteiger partial charge in [0, 0.05) is 24.8 Å². The van der Waals surface area contributed by atoms with Crippen molar-refractivity contribution in [2.45, 2.75) is 32.8 Å². The third kappa shape index (κ3) is 4.29. The summed E-state index contributed by atoms with van der Waals surface area (Å²) >= 11 is 0. The second kappa shape index (κ2) is 7.70. The van der Waals surface area contributed by atoms with Crippen molar-refractivity contribution in [2.75, 3.05) is 18.0 Å². The number of halogens is 2. The summed E-state index contributed by atoms with van der Waals surface area (Å²) in [7, 11) is 0. The van der Waals surface area contributed by atoms with E-state index >= 15 is 0 Å². The summed E-state index contributed by atoms with van der Waals surface area (Å²) in [6.07, 6.45) is 0.192. The number of rotatable bonds is 6. The van der Waals surface area contributed by atoms with Crippen LogP contribution in [0.2, 0.25) is 0 Å². The molecule has 1 fully saturated rings. The van der Waals surface area contributed by atoms with Crippen LogP contribution in [0.15, 0.2) is 18.2 Å². The molecular weight excluding hydrogens is 318 g/mol. The minimum Gasteiger partial charge on any atom is -0.391 e. The Morgan fingerprint density at radius 2 is 2.08 bits per heavy atom. The Balaban J connectivity index is 1.95. The molecule has 2 N–H and O–H groups in total. The summed E-state index contributed by atoms with van der Waals surface area (Å²) in [5.41, 5.74) is 0.231. The number of benzene rings is 1. The Bertz CT molecular complexity index is 622. The number of hydrogen-bond donors (Lipinski definition) is 2. The Hall–Kier alpha value is -2.02. The van der Waals surface area contributed by atoms with Crippen LogP contribution in [0.1, 0.15) is 26.7 Å². The number of aliphatic hydroxyl groups excluding tert-OH is 1. The first-order chi connectivity index (χ1) is 11.3.